The van der Waals surface area contributed by atoms with E-state index in [-0.39, 0.29) is 168 Å². The Labute approximate surface area is 845 Å². The molecule has 4 N–H and O–H groups in total. The number of hydrogen-bond acceptors (Lipinski definition) is 21. The molecule has 9 aromatic carbocycles. The fourth-order valence-electron chi connectivity index (χ4n) is 10.7. The van der Waals surface area contributed by atoms with E-state index in [1.165, 1.54) is 113 Å². The van der Waals surface area contributed by atoms with Crippen LogP contribution in [-0.2, 0) is 147 Å². The van der Waals surface area contributed by atoms with Crippen molar-refractivity contribution in [3.63, 3.8) is 0 Å². The van der Waals surface area contributed by atoms with Crippen LogP contribution in [0.4, 0.5) is 18.9 Å². The molecule has 30 heteroatoms. The van der Waals surface area contributed by atoms with E-state index in [1.54, 1.807) is 59.5 Å². The maximum Gasteiger partial charge on any atom is 0.381 e. The van der Waals surface area contributed by atoms with Crippen LogP contribution in [0.15, 0.2) is 340 Å². The molecule has 0 unspecified atom stereocenters. The molecule has 18 nitrogen and oxygen atoms in total. The van der Waals surface area contributed by atoms with Gasteiger partial charge in [0.05, 0.1) is 50.2 Å². The number of allylic oxidation sites excluding steroid dienone is 8. The molecule has 17 rings (SSSR count). The van der Waals surface area contributed by atoms with E-state index in [4.69, 9.17) is 34.2 Å². The van der Waals surface area contributed by atoms with E-state index in [9.17, 15) is 37.1 Å². The fraction of sp³-hybridized carbons (Fsp3) is 0.110. The first-order chi connectivity index (χ1) is 59.5. The Morgan fingerprint density at radius 1 is 0.431 bits per heavy atom. The number of ketones is 4. The van der Waals surface area contributed by atoms with Crippen molar-refractivity contribution in [1.82, 2.24) is 29.9 Å². The number of para-hydroxylation sites is 4. The molecule has 17 aromatic rings. The van der Waals surface area contributed by atoms with Gasteiger partial charge in [-0.25, -0.2) is 11.3 Å². The van der Waals surface area contributed by atoms with Gasteiger partial charge < -0.3 is 49.1 Å². The molecule has 0 atom stereocenters. The molecule has 0 aliphatic carbocycles. The maximum atomic E-state index is 12.3. The standard InChI is InChI=1S/C18H13N2O2S.C17H10NS.C13H8NO.C12H7F3N.C11H8N.C9H6NS.4C5H8O2.5Ir.Pt/c1-20(2)12-8-7-11-9-13(18(21)22-15(11)10-12)17-19-14-5-3-4-6-16(14)23-17;1-2-8-13-12(6-1)7-5-9-14(13)17-18-15-10-3-4-11-16(15)19-17;1-2-6-10(7-3-1)13-14-11-8-4-5-9-12(11)15-13;13-12(14,15)10-6-4-9(5-7-10)11-3-1-2-8-16-11;1-2-6-10(7-3-1)11-8-4-5-9-12-11;1-2-6-10-8(4-1)9-5-3-7-11-9;4*1-4(6)3-5(2)7;;;;;;/h3-8,10H,1-2H3;1-8,10-11H;1-6,8-9H;1-4,6-8H;1-6,8-9H;1-4,6-7H;4*3,6H,1-2H3;;;;;;/q6*-1;;;;;;;;;;. The zero-order valence-electron chi connectivity index (χ0n) is 71.0. The monoisotopic (exact) mass is 2870 g/mol. The summed E-state index contributed by atoms with van der Waals surface area (Å²) in [6.07, 6.45) is 5.51. The maximum absolute atomic E-state index is 12.3. The smallest absolute Gasteiger partial charge is 0.381 e. The van der Waals surface area contributed by atoms with Gasteiger partial charge >= 0.3 is 6.18 Å². The number of halogens is 3. The number of rotatable bonds is 11. The van der Waals surface area contributed by atoms with Gasteiger partial charge in [-0.1, -0.05) is 124 Å². The third-order valence-electron chi connectivity index (χ3n) is 15.9. The number of carbonyl (C=O) groups excluding carboxylic acids is 4. The average Bonchev–Trinajstić information content (AvgIpc) is 1.55. The minimum absolute atomic E-state index is 0. The summed E-state index contributed by atoms with van der Waals surface area (Å²) in [6, 6.07) is 98.1. The second kappa shape index (κ2) is 60.2. The van der Waals surface area contributed by atoms with Crippen LogP contribution >= 0.6 is 34.0 Å². The van der Waals surface area contributed by atoms with E-state index in [0.717, 1.165) is 88.0 Å². The van der Waals surface area contributed by atoms with Crippen molar-refractivity contribution in [2.24, 2.45) is 0 Å². The number of aliphatic hydroxyl groups excluding tert-OH is 4. The number of aromatic nitrogens is 6. The van der Waals surface area contributed by atoms with Gasteiger partial charge in [-0.05, 0) is 144 Å². The summed E-state index contributed by atoms with van der Waals surface area (Å²) in [4.78, 5) is 81.5. The van der Waals surface area contributed by atoms with Crippen molar-refractivity contribution >= 4 is 116 Å². The molecule has 685 valence electrons. The number of anilines is 1. The predicted molar refractivity (Wildman–Crippen MR) is 491 cm³/mol. The molecule has 0 aliphatic rings. The quantitative estimate of drug-likeness (QED) is 0.0405. The van der Waals surface area contributed by atoms with Gasteiger partial charge in [-0.15, -0.1) is 143 Å². The van der Waals surface area contributed by atoms with Gasteiger partial charge in [0.15, 0.2) is 23.1 Å². The SMILES string of the molecule is CC(=O)C=C(C)O.CC(=O)C=C(C)O.CC(=O)C=C(C)O.CC(=O)C=C(C)O.CN(C)c1ccc2[c-]c(-c3nc4ccccc4s3)c(=O)oc2c1.FC(F)(F)c1c[c-]c(-c2ccccn2)cc1.[Ir].[Ir].[Ir].[Ir].[Ir].[Pt].[c-]1ccc2ccccc2c1-c1nc2ccccc2s1.[c-]1ccccc1-c1ccccn1.[c-]1ccccc1-c1nc2ccccc2o1.[c-]1ccsc1-c1ccccn1. The van der Waals surface area contributed by atoms with Crippen molar-refractivity contribution in [3.8, 4) is 65.7 Å². The number of thiophene rings is 1. The summed E-state index contributed by atoms with van der Waals surface area (Å²) >= 11 is 4.85. The Hall–Kier alpha value is -10.8. The second-order valence-corrected chi connectivity index (χ2v) is 29.5. The number of hydrogen-bond donors (Lipinski definition) is 4. The fourth-order valence-corrected chi connectivity index (χ4v) is 13.3. The van der Waals surface area contributed by atoms with Crippen LogP contribution in [-0.4, -0.2) is 87.6 Å². The number of pyridine rings is 3. The number of thiazole rings is 2. The first kappa shape index (κ1) is 115. The molecule has 130 heavy (non-hydrogen) atoms. The van der Waals surface area contributed by atoms with Gasteiger partial charge in [0.2, 0.25) is 0 Å². The zero-order chi connectivity index (χ0) is 89.5. The second-order valence-electron chi connectivity index (χ2n) is 26.5. The minimum Gasteiger partial charge on any atom is -0.512 e. The number of benzene rings is 9. The number of alkyl halides is 3. The van der Waals surface area contributed by atoms with Crippen LogP contribution in [0.25, 0.3) is 119 Å². The van der Waals surface area contributed by atoms with Crippen LogP contribution in [0.5, 0.6) is 0 Å². The van der Waals surface area contributed by atoms with Crippen molar-refractivity contribution < 1.29 is 183 Å². The largest absolute Gasteiger partial charge is 0.512 e. The van der Waals surface area contributed by atoms with E-state index < -0.39 is 17.4 Å². The summed E-state index contributed by atoms with van der Waals surface area (Å²) < 4.78 is 50.2. The number of aliphatic hydroxyl groups is 4. The third-order valence-corrected chi connectivity index (χ3v) is 18.8. The van der Waals surface area contributed by atoms with Crippen LogP contribution in [0.1, 0.15) is 61.0 Å². The molecule has 0 saturated carbocycles. The minimum atomic E-state index is -4.32. The number of carbonyl (C=O) groups is 4. The summed E-state index contributed by atoms with van der Waals surface area (Å²) in [5.41, 5.74) is 10.6. The van der Waals surface area contributed by atoms with Crippen molar-refractivity contribution in [2.45, 2.75) is 61.6 Å². The molecule has 0 aliphatic heterocycles. The molecule has 8 heterocycles. The van der Waals surface area contributed by atoms with E-state index in [1.807, 2.05) is 194 Å². The van der Waals surface area contributed by atoms with Gasteiger partial charge in [0.1, 0.15) is 11.5 Å². The van der Waals surface area contributed by atoms with E-state index in [0.29, 0.717) is 33.3 Å². The Morgan fingerprint density at radius 3 is 1.31 bits per heavy atom. The molecule has 0 bridgehead atoms. The molecule has 0 saturated heterocycles. The average molecular weight is 2870 g/mol. The first-order valence-electron chi connectivity index (χ1n) is 37.9. The van der Waals surface area contributed by atoms with Crippen LogP contribution in [0.3, 0.4) is 0 Å². The molecule has 0 spiro atoms. The molecular weight excluding hydrogens is 2780 g/mol. The first-order valence-corrected chi connectivity index (χ1v) is 40.4. The Balaban J connectivity index is 0.000000500. The van der Waals surface area contributed by atoms with Crippen LogP contribution < -0.4 is 10.5 Å². The number of nitrogens with zero attached hydrogens (tertiary/aromatic N) is 7. The predicted octanol–water partition coefficient (Wildman–Crippen LogP) is 25.0. The zero-order valence-corrected chi connectivity index (χ0v) is 87.7. The van der Waals surface area contributed by atoms with Gasteiger partial charge in [-0.3, -0.25) is 38.9 Å². The molecular formula is C100H84F3Ir5N7O11PtS3-6. The molecule has 0 fully saturated rings. The topological polar surface area (TPSA) is 273 Å². The van der Waals surface area contributed by atoms with Crippen LogP contribution in [0, 0.1) is 36.4 Å². The van der Waals surface area contributed by atoms with Gasteiger partial charge in [-0.2, -0.15) is 48.0 Å². The molecule has 5 radical (unpaired) electrons. The van der Waals surface area contributed by atoms with E-state index in [2.05, 4.69) is 110 Å². The van der Waals surface area contributed by atoms with Gasteiger partial charge in [0.25, 0.3) is 5.63 Å². The van der Waals surface area contributed by atoms with Crippen molar-refractivity contribution in [3.05, 3.63) is 378 Å². The Kier molecular flexibility index (Phi) is 53.4. The normalized spacial score (nSPS) is 10.4. The summed E-state index contributed by atoms with van der Waals surface area (Å²) in [7, 11) is 3.89. The van der Waals surface area contributed by atoms with Crippen molar-refractivity contribution in [2.75, 3.05) is 19.0 Å². The van der Waals surface area contributed by atoms with Gasteiger partial charge in [0, 0.05) is 199 Å². The van der Waals surface area contributed by atoms with Crippen molar-refractivity contribution in [1.29, 1.82) is 0 Å². The molecule has 8 aromatic heterocycles. The summed E-state index contributed by atoms with van der Waals surface area (Å²) in [6.45, 7) is 11.4. The molecule has 0 amide bonds. The van der Waals surface area contributed by atoms with E-state index >= 15 is 0 Å². The van der Waals surface area contributed by atoms with Crippen LogP contribution in [0.2, 0.25) is 0 Å². The Bertz CT molecular complexity index is 6230. The summed E-state index contributed by atoms with van der Waals surface area (Å²) in [5.74, 6) is 0.372. The number of fused-ring (bicyclic) bond motifs is 5. The third kappa shape index (κ3) is 39.9. The number of oxazole rings is 1. The Morgan fingerprint density at radius 2 is 0.885 bits per heavy atom. The summed E-state index contributed by atoms with van der Waals surface area (Å²) in [5, 5.41) is 40.3.